The molecule has 0 heterocycles. The summed E-state index contributed by atoms with van der Waals surface area (Å²) in [6.45, 7) is 1.89. The van der Waals surface area contributed by atoms with E-state index in [0.717, 1.165) is 5.56 Å². The van der Waals surface area contributed by atoms with Gasteiger partial charge in [0.25, 0.3) is 0 Å². The molecule has 2 rings (SSSR count). The van der Waals surface area contributed by atoms with E-state index in [1.165, 1.54) is 0 Å². The van der Waals surface area contributed by atoms with Crippen molar-refractivity contribution in [2.45, 2.75) is 13.0 Å². The van der Waals surface area contributed by atoms with Crippen LogP contribution < -0.4 is 9.47 Å². The van der Waals surface area contributed by atoms with Gasteiger partial charge < -0.3 is 14.6 Å². The predicted octanol–water partition coefficient (Wildman–Crippen LogP) is 4.40. The molecule has 0 fully saturated rings. The lowest BCUT2D eigenvalue weighted by Gasteiger charge is -2.18. The second-order valence-electron chi connectivity index (χ2n) is 4.63. The van der Waals surface area contributed by atoms with Gasteiger partial charge in [0.05, 0.1) is 14.2 Å². The van der Waals surface area contributed by atoms with Crippen molar-refractivity contribution in [3.8, 4) is 11.5 Å². The Morgan fingerprint density at radius 1 is 0.952 bits per heavy atom. The molecule has 1 atom stereocenters. The third kappa shape index (κ3) is 3.26. The van der Waals surface area contributed by atoms with Crippen molar-refractivity contribution in [1.82, 2.24) is 0 Å². The quantitative estimate of drug-likeness (QED) is 0.904. The van der Waals surface area contributed by atoms with E-state index < -0.39 is 6.10 Å². The largest absolute Gasteiger partial charge is 0.493 e. The Bertz CT molecular complexity index is 656. The third-order valence-electron chi connectivity index (χ3n) is 3.32. The smallest absolute Gasteiger partial charge is 0.161 e. The maximum atomic E-state index is 10.6. The predicted molar refractivity (Wildman–Crippen MR) is 84.8 cm³/mol. The van der Waals surface area contributed by atoms with Gasteiger partial charge in [-0.05, 0) is 42.3 Å². The average Bonchev–Trinajstić information content (AvgIpc) is 2.46. The van der Waals surface area contributed by atoms with Gasteiger partial charge in [-0.1, -0.05) is 29.3 Å². The Balaban J connectivity index is 2.50. The normalized spacial score (nSPS) is 12.1. The highest BCUT2D eigenvalue weighted by molar-refractivity contribution is 6.35. The summed E-state index contributed by atoms with van der Waals surface area (Å²) in [5.74, 6) is 1.18. The Kier molecular flexibility index (Phi) is 4.99. The van der Waals surface area contributed by atoms with Crippen molar-refractivity contribution < 1.29 is 14.6 Å². The van der Waals surface area contributed by atoms with E-state index in [2.05, 4.69) is 0 Å². The van der Waals surface area contributed by atoms with Crippen LogP contribution in [0, 0.1) is 6.92 Å². The van der Waals surface area contributed by atoms with E-state index in [-0.39, 0.29) is 0 Å². The first-order chi connectivity index (χ1) is 9.97. The van der Waals surface area contributed by atoms with Crippen LogP contribution in [0.1, 0.15) is 22.8 Å². The van der Waals surface area contributed by atoms with Gasteiger partial charge in [0.1, 0.15) is 6.10 Å². The summed E-state index contributed by atoms with van der Waals surface area (Å²) >= 11 is 12.0. The number of hydrogen-bond donors (Lipinski definition) is 1. The van der Waals surface area contributed by atoms with Crippen molar-refractivity contribution in [2.24, 2.45) is 0 Å². The number of aliphatic hydroxyl groups is 1. The van der Waals surface area contributed by atoms with Gasteiger partial charge in [-0.2, -0.15) is 0 Å². The summed E-state index contributed by atoms with van der Waals surface area (Å²) in [5.41, 5.74) is 2.18. The Labute approximate surface area is 134 Å². The molecule has 0 amide bonds. The standard InChI is InChI=1S/C16H16Cl2O3/c1-9-6-14(20-2)15(21-3)8-12(9)16(19)11-5-4-10(17)7-13(11)18/h4-8,16,19H,1-3H3. The molecule has 1 N–H and O–H groups in total. The molecule has 0 aliphatic rings. The van der Waals surface area contributed by atoms with Gasteiger partial charge in [-0.15, -0.1) is 0 Å². The zero-order valence-corrected chi connectivity index (χ0v) is 13.5. The fourth-order valence-electron chi connectivity index (χ4n) is 2.18. The van der Waals surface area contributed by atoms with Crippen LogP contribution >= 0.6 is 23.2 Å². The lowest BCUT2D eigenvalue weighted by atomic mass is 9.97. The SMILES string of the molecule is COc1cc(C)c(C(O)c2ccc(Cl)cc2Cl)cc1OC. The lowest BCUT2D eigenvalue weighted by Crippen LogP contribution is -2.04. The summed E-state index contributed by atoms with van der Waals surface area (Å²) in [4.78, 5) is 0. The molecule has 21 heavy (non-hydrogen) atoms. The minimum absolute atomic E-state index is 0.421. The van der Waals surface area contributed by atoms with Crippen LogP contribution in [0.2, 0.25) is 10.0 Å². The topological polar surface area (TPSA) is 38.7 Å². The van der Waals surface area contributed by atoms with Crippen molar-refractivity contribution >= 4 is 23.2 Å². The van der Waals surface area contributed by atoms with Gasteiger partial charge in [0.2, 0.25) is 0 Å². The van der Waals surface area contributed by atoms with E-state index in [4.69, 9.17) is 32.7 Å². The molecule has 2 aromatic rings. The Morgan fingerprint density at radius 3 is 2.14 bits per heavy atom. The maximum Gasteiger partial charge on any atom is 0.161 e. The average molecular weight is 327 g/mol. The summed E-state index contributed by atoms with van der Waals surface area (Å²) in [5, 5.41) is 11.6. The molecule has 5 heteroatoms. The maximum absolute atomic E-state index is 10.6. The van der Waals surface area contributed by atoms with Crippen LogP contribution in [0.25, 0.3) is 0 Å². The second kappa shape index (κ2) is 6.56. The van der Waals surface area contributed by atoms with Crippen LogP contribution in [0.3, 0.4) is 0 Å². The molecule has 0 aromatic heterocycles. The number of aryl methyl sites for hydroxylation is 1. The zero-order chi connectivity index (χ0) is 15.6. The van der Waals surface area contributed by atoms with E-state index in [1.807, 2.05) is 13.0 Å². The van der Waals surface area contributed by atoms with Crippen molar-refractivity contribution in [2.75, 3.05) is 14.2 Å². The lowest BCUT2D eigenvalue weighted by molar-refractivity contribution is 0.218. The molecule has 0 saturated heterocycles. The Hall–Kier alpha value is -1.42. The van der Waals surface area contributed by atoms with Crippen molar-refractivity contribution in [3.63, 3.8) is 0 Å². The van der Waals surface area contributed by atoms with Crippen LogP contribution in [0.15, 0.2) is 30.3 Å². The molecule has 2 aromatic carbocycles. The first kappa shape index (κ1) is 16.0. The van der Waals surface area contributed by atoms with E-state index in [1.54, 1.807) is 38.5 Å². The first-order valence-corrected chi connectivity index (χ1v) is 7.09. The number of hydrogen-bond acceptors (Lipinski definition) is 3. The van der Waals surface area contributed by atoms with E-state index in [9.17, 15) is 5.11 Å². The number of halogens is 2. The van der Waals surface area contributed by atoms with Gasteiger partial charge >= 0.3 is 0 Å². The number of benzene rings is 2. The molecular formula is C16H16Cl2O3. The molecule has 0 aliphatic heterocycles. The van der Waals surface area contributed by atoms with Crippen LogP contribution in [0.4, 0.5) is 0 Å². The van der Waals surface area contributed by atoms with E-state index in [0.29, 0.717) is 32.7 Å². The van der Waals surface area contributed by atoms with Gasteiger partial charge in [0.15, 0.2) is 11.5 Å². The summed E-state index contributed by atoms with van der Waals surface area (Å²) in [6.07, 6.45) is -0.866. The minimum Gasteiger partial charge on any atom is -0.493 e. The molecule has 112 valence electrons. The highest BCUT2D eigenvalue weighted by Gasteiger charge is 2.19. The van der Waals surface area contributed by atoms with Gasteiger partial charge in [-0.25, -0.2) is 0 Å². The monoisotopic (exact) mass is 326 g/mol. The van der Waals surface area contributed by atoms with Crippen molar-refractivity contribution in [3.05, 3.63) is 57.1 Å². The highest BCUT2D eigenvalue weighted by atomic mass is 35.5. The summed E-state index contributed by atoms with van der Waals surface area (Å²) in [6, 6.07) is 8.59. The molecule has 1 unspecified atom stereocenters. The third-order valence-corrected chi connectivity index (χ3v) is 3.89. The number of ether oxygens (including phenoxy) is 2. The molecule has 0 saturated carbocycles. The summed E-state index contributed by atoms with van der Waals surface area (Å²) in [7, 11) is 3.13. The number of methoxy groups -OCH3 is 2. The van der Waals surface area contributed by atoms with Crippen LogP contribution in [-0.4, -0.2) is 19.3 Å². The van der Waals surface area contributed by atoms with Crippen LogP contribution in [0.5, 0.6) is 11.5 Å². The zero-order valence-electron chi connectivity index (χ0n) is 12.0. The summed E-state index contributed by atoms with van der Waals surface area (Å²) < 4.78 is 10.5. The number of aliphatic hydroxyl groups excluding tert-OH is 1. The molecule has 0 spiro atoms. The molecule has 0 radical (unpaired) electrons. The van der Waals surface area contributed by atoms with Gasteiger partial charge in [-0.3, -0.25) is 0 Å². The molecular weight excluding hydrogens is 311 g/mol. The number of rotatable bonds is 4. The van der Waals surface area contributed by atoms with Gasteiger partial charge in [0, 0.05) is 15.6 Å². The molecule has 3 nitrogen and oxygen atoms in total. The Morgan fingerprint density at radius 2 is 1.57 bits per heavy atom. The highest BCUT2D eigenvalue weighted by Crippen LogP contribution is 2.37. The fraction of sp³-hybridized carbons (Fsp3) is 0.250. The minimum atomic E-state index is -0.866. The first-order valence-electron chi connectivity index (χ1n) is 6.33. The van der Waals surface area contributed by atoms with Crippen molar-refractivity contribution in [1.29, 1.82) is 0 Å². The fourth-order valence-corrected chi connectivity index (χ4v) is 2.69. The second-order valence-corrected chi connectivity index (χ2v) is 5.48. The molecule has 0 aliphatic carbocycles. The van der Waals surface area contributed by atoms with E-state index >= 15 is 0 Å². The van der Waals surface area contributed by atoms with Crippen LogP contribution in [-0.2, 0) is 0 Å². The molecule has 0 bridgehead atoms.